The molecule has 80 valence electrons. The maximum absolute atomic E-state index is 5.80. The van der Waals surface area contributed by atoms with Gasteiger partial charge in [-0.25, -0.2) is 0 Å². The number of rotatable bonds is 2. The highest BCUT2D eigenvalue weighted by molar-refractivity contribution is 5.79. The lowest BCUT2D eigenvalue weighted by molar-refractivity contribution is 1.58. The molecule has 4 N–H and O–H groups in total. The maximum Gasteiger partial charge on any atom is 0.0554 e. The van der Waals surface area contributed by atoms with Crippen LogP contribution >= 0.6 is 0 Å². The molecule has 0 amide bonds. The standard InChI is InChI=1S/C14H14N2/c1-2-10-5-3-4-6-12(10)11-7-8-13(15)14(16)9-11/h2-9H,1,15-16H2. The number of benzene rings is 2. The van der Waals surface area contributed by atoms with Crippen molar-refractivity contribution in [2.24, 2.45) is 0 Å². The third-order valence-electron chi connectivity index (χ3n) is 2.58. The largest absolute Gasteiger partial charge is 0.397 e. The molecule has 0 radical (unpaired) electrons. The summed E-state index contributed by atoms with van der Waals surface area (Å²) in [5.74, 6) is 0. The van der Waals surface area contributed by atoms with Crippen LogP contribution in [0.25, 0.3) is 17.2 Å². The van der Waals surface area contributed by atoms with Crippen LogP contribution in [0.1, 0.15) is 5.56 Å². The quantitative estimate of drug-likeness (QED) is 0.748. The summed E-state index contributed by atoms with van der Waals surface area (Å²) in [5, 5.41) is 0. The predicted molar refractivity (Wildman–Crippen MR) is 70.8 cm³/mol. The summed E-state index contributed by atoms with van der Waals surface area (Å²) in [6.07, 6.45) is 1.84. The zero-order valence-corrected chi connectivity index (χ0v) is 8.98. The van der Waals surface area contributed by atoms with Gasteiger partial charge in [-0.05, 0) is 28.8 Å². The number of nitrogens with two attached hydrogens (primary N) is 2. The summed E-state index contributed by atoms with van der Waals surface area (Å²) in [4.78, 5) is 0. The van der Waals surface area contributed by atoms with Crippen molar-refractivity contribution in [1.29, 1.82) is 0 Å². The SMILES string of the molecule is C=Cc1ccccc1-c1ccc(N)c(N)c1. The summed E-state index contributed by atoms with van der Waals surface area (Å²) in [5.41, 5.74) is 16.0. The van der Waals surface area contributed by atoms with Gasteiger partial charge in [-0.1, -0.05) is 43.0 Å². The van der Waals surface area contributed by atoms with E-state index in [1.807, 2.05) is 48.5 Å². The van der Waals surface area contributed by atoms with Crippen LogP contribution in [-0.4, -0.2) is 0 Å². The molecule has 0 aliphatic rings. The van der Waals surface area contributed by atoms with E-state index in [2.05, 4.69) is 6.58 Å². The molecule has 2 rings (SSSR count). The second kappa shape index (κ2) is 4.11. The topological polar surface area (TPSA) is 52.0 Å². The van der Waals surface area contributed by atoms with E-state index in [-0.39, 0.29) is 0 Å². The van der Waals surface area contributed by atoms with Gasteiger partial charge in [-0.15, -0.1) is 0 Å². The zero-order chi connectivity index (χ0) is 11.5. The van der Waals surface area contributed by atoms with Crippen LogP contribution < -0.4 is 11.5 Å². The zero-order valence-electron chi connectivity index (χ0n) is 8.98. The van der Waals surface area contributed by atoms with Gasteiger partial charge in [0.1, 0.15) is 0 Å². The minimum absolute atomic E-state index is 0.608. The van der Waals surface area contributed by atoms with Crippen molar-refractivity contribution in [3.63, 3.8) is 0 Å². The first kappa shape index (κ1) is 10.3. The summed E-state index contributed by atoms with van der Waals surface area (Å²) in [7, 11) is 0. The van der Waals surface area contributed by atoms with E-state index < -0.39 is 0 Å². The highest BCUT2D eigenvalue weighted by atomic mass is 14.7. The lowest BCUT2D eigenvalue weighted by Crippen LogP contribution is -1.94. The molecule has 0 spiro atoms. The van der Waals surface area contributed by atoms with Gasteiger partial charge in [0.25, 0.3) is 0 Å². The average Bonchev–Trinajstić information content (AvgIpc) is 2.32. The van der Waals surface area contributed by atoms with Gasteiger partial charge < -0.3 is 11.5 Å². The molecule has 0 saturated heterocycles. The van der Waals surface area contributed by atoms with Crippen LogP contribution in [0.2, 0.25) is 0 Å². The number of hydrogen-bond donors (Lipinski definition) is 2. The molecule has 2 aromatic rings. The van der Waals surface area contributed by atoms with Crippen LogP contribution in [0.5, 0.6) is 0 Å². The molecule has 0 atom stereocenters. The van der Waals surface area contributed by atoms with Crippen molar-refractivity contribution in [1.82, 2.24) is 0 Å². The van der Waals surface area contributed by atoms with Gasteiger partial charge in [-0.3, -0.25) is 0 Å². The Labute approximate surface area is 95.2 Å². The summed E-state index contributed by atoms with van der Waals surface area (Å²) < 4.78 is 0. The van der Waals surface area contributed by atoms with E-state index in [0.29, 0.717) is 11.4 Å². The second-order valence-electron chi connectivity index (χ2n) is 3.64. The number of hydrogen-bond acceptors (Lipinski definition) is 2. The number of nitrogen functional groups attached to an aromatic ring is 2. The molecule has 0 saturated carbocycles. The lowest BCUT2D eigenvalue weighted by Gasteiger charge is -2.08. The van der Waals surface area contributed by atoms with Crippen LogP contribution in [0.15, 0.2) is 49.0 Å². The Hall–Kier alpha value is -2.22. The minimum Gasteiger partial charge on any atom is -0.397 e. The van der Waals surface area contributed by atoms with Crippen LogP contribution in [0, 0.1) is 0 Å². The van der Waals surface area contributed by atoms with Crippen LogP contribution in [0.4, 0.5) is 11.4 Å². The van der Waals surface area contributed by atoms with Gasteiger partial charge in [0, 0.05) is 0 Å². The average molecular weight is 210 g/mol. The van der Waals surface area contributed by atoms with Crippen LogP contribution in [0.3, 0.4) is 0 Å². The molecular weight excluding hydrogens is 196 g/mol. The molecule has 0 aliphatic heterocycles. The van der Waals surface area contributed by atoms with Crippen molar-refractivity contribution in [3.8, 4) is 11.1 Å². The van der Waals surface area contributed by atoms with Gasteiger partial charge in [0.2, 0.25) is 0 Å². The number of anilines is 2. The van der Waals surface area contributed by atoms with E-state index in [1.54, 1.807) is 0 Å². The van der Waals surface area contributed by atoms with Gasteiger partial charge in [0.15, 0.2) is 0 Å². The van der Waals surface area contributed by atoms with Gasteiger partial charge in [0.05, 0.1) is 11.4 Å². The molecule has 0 fully saturated rings. The van der Waals surface area contributed by atoms with E-state index in [9.17, 15) is 0 Å². The Morgan fingerprint density at radius 1 is 0.938 bits per heavy atom. The highest BCUT2D eigenvalue weighted by Crippen LogP contribution is 2.28. The van der Waals surface area contributed by atoms with E-state index in [4.69, 9.17) is 11.5 Å². The van der Waals surface area contributed by atoms with Crippen molar-refractivity contribution in [2.75, 3.05) is 11.5 Å². The molecule has 2 heteroatoms. The normalized spacial score (nSPS) is 10.0. The second-order valence-corrected chi connectivity index (χ2v) is 3.64. The van der Waals surface area contributed by atoms with E-state index in [1.165, 1.54) is 0 Å². The van der Waals surface area contributed by atoms with E-state index in [0.717, 1.165) is 16.7 Å². The molecule has 2 aromatic carbocycles. The fourth-order valence-electron chi connectivity index (χ4n) is 1.68. The highest BCUT2D eigenvalue weighted by Gasteiger charge is 2.03. The van der Waals surface area contributed by atoms with Crippen molar-refractivity contribution in [3.05, 3.63) is 54.6 Å². The molecule has 0 heterocycles. The van der Waals surface area contributed by atoms with Crippen molar-refractivity contribution < 1.29 is 0 Å². The molecule has 16 heavy (non-hydrogen) atoms. The first-order chi connectivity index (χ1) is 7.72. The molecule has 0 aliphatic carbocycles. The Morgan fingerprint density at radius 2 is 1.69 bits per heavy atom. The fourth-order valence-corrected chi connectivity index (χ4v) is 1.68. The molecular formula is C14H14N2. The molecule has 0 unspecified atom stereocenters. The monoisotopic (exact) mass is 210 g/mol. The summed E-state index contributed by atoms with van der Waals surface area (Å²) in [6, 6.07) is 13.7. The first-order valence-electron chi connectivity index (χ1n) is 5.09. The Kier molecular flexibility index (Phi) is 2.64. The Bertz CT molecular complexity index is 530. The van der Waals surface area contributed by atoms with Gasteiger partial charge in [-0.2, -0.15) is 0 Å². The third-order valence-corrected chi connectivity index (χ3v) is 2.58. The van der Waals surface area contributed by atoms with E-state index >= 15 is 0 Å². The van der Waals surface area contributed by atoms with Crippen molar-refractivity contribution >= 4 is 17.5 Å². The third kappa shape index (κ3) is 1.77. The molecule has 0 bridgehead atoms. The first-order valence-corrected chi connectivity index (χ1v) is 5.09. The lowest BCUT2D eigenvalue weighted by atomic mass is 9.99. The molecule has 2 nitrogen and oxygen atoms in total. The minimum atomic E-state index is 0.608. The van der Waals surface area contributed by atoms with Crippen molar-refractivity contribution in [2.45, 2.75) is 0 Å². The maximum atomic E-state index is 5.80. The van der Waals surface area contributed by atoms with Gasteiger partial charge >= 0.3 is 0 Å². The molecule has 0 aromatic heterocycles. The summed E-state index contributed by atoms with van der Waals surface area (Å²) in [6.45, 7) is 3.80. The predicted octanol–water partition coefficient (Wildman–Crippen LogP) is 3.16. The smallest absolute Gasteiger partial charge is 0.0554 e. The van der Waals surface area contributed by atoms with Crippen LogP contribution in [-0.2, 0) is 0 Å². The summed E-state index contributed by atoms with van der Waals surface area (Å²) >= 11 is 0. The Morgan fingerprint density at radius 3 is 2.38 bits per heavy atom. The fraction of sp³-hybridized carbons (Fsp3) is 0. The Balaban J connectivity index is 2.58.